The summed E-state index contributed by atoms with van der Waals surface area (Å²) in [7, 11) is 0. The summed E-state index contributed by atoms with van der Waals surface area (Å²) >= 11 is 5.87. The molecular weight excluding hydrogens is 367 g/mol. The molecule has 3 aromatic rings. The van der Waals surface area contributed by atoms with Crippen LogP contribution in [0.5, 0.6) is 0 Å². The number of rotatable bonds is 3. The van der Waals surface area contributed by atoms with E-state index in [9.17, 15) is 9.18 Å². The Morgan fingerprint density at radius 1 is 1.11 bits per heavy atom. The van der Waals surface area contributed by atoms with Gasteiger partial charge in [0.1, 0.15) is 18.0 Å². The largest absolute Gasteiger partial charge is 0.355 e. The number of benzene rings is 2. The molecule has 27 heavy (non-hydrogen) atoms. The highest BCUT2D eigenvalue weighted by atomic mass is 35.5. The maximum Gasteiger partial charge on any atom is 0.228 e. The summed E-state index contributed by atoms with van der Waals surface area (Å²) in [5.41, 5.74) is 1.47. The number of hydrogen-bond acceptors (Lipinski definition) is 4. The Hall–Kier alpha value is -2.73. The van der Waals surface area contributed by atoms with Crippen LogP contribution in [0.3, 0.4) is 0 Å². The Morgan fingerprint density at radius 3 is 2.59 bits per heavy atom. The van der Waals surface area contributed by atoms with Crippen molar-refractivity contribution in [3.8, 4) is 0 Å². The van der Waals surface area contributed by atoms with E-state index in [4.69, 9.17) is 11.6 Å². The fraction of sp³-hybridized carbons (Fsp3) is 0.250. The zero-order chi connectivity index (χ0) is 18.5. The minimum absolute atomic E-state index is 0.0155. The van der Waals surface area contributed by atoms with Crippen LogP contribution in [0.4, 0.5) is 15.9 Å². The lowest BCUT2D eigenvalue weighted by atomic mass is 10.2. The molecule has 7 heteroatoms. The standard InChI is InChI=1S/C20H16ClFN4O/c21-11-1-4-13(5-2-11)25-20(27)18-15-8-26(9-16(15)18)19-14-7-12(22)3-6-17(14)23-10-24-19/h1-7,10,15-16,18H,8-9H2,(H,25,27)/t15-,16+,18+. The maximum absolute atomic E-state index is 13.7. The number of piperidine rings is 1. The molecule has 0 spiro atoms. The van der Waals surface area contributed by atoms with Gasteiger partial charge in [-0.15, -0.1) is 0 Å². The number of nitrogens with zero attached hydrogens (tertiary/aromatic N) is 3. The lowest BCUT2D eigenvalue weighted by Crippen LogP contribution is -2.28. The van der Waals surface area contributed by atoms with Crippen molar-refractivity contribution >= 4 is 39.9 Å². The van der Waals surface area contributed by atoms with Crippen LogP contribution in [0.25, 0.3) is 10.9 Å². The summed E-state index contributed by atoms with van der Waals surface area (Å²) in [5.74, 6) is 1.10. The van der Waals surface area contributed by atoms with Crippen molar-refractivity contribution in [3.05, 3.63) is 59.6 Å². The topological polar surface area (TPSA) is 58.1 Å². The van der Waals surface area contributed by atoms with Crippen LogP contribution in [0.1, 0.15) is 0 Å². The Balaban J connectivity index is 1.29. The van der Waals surface area contributed by atoms with Gasteiger partial charge in [0.2, 0.25) is 5.91 Å². The van der Waals surface area contributed by atoms with E-state index in [1.807, 2.05) is 0 Å². The van der Waals surface area contributed by atoms with Gasteiger partial charge >= 0.3 is 0 Å². The Kier molecular flexibility index (Phi) is 3.75. The van der Waals surface area contributed by atoms with Gasteiger partial charge in [-0.2, -0.15) is 0 Å². The van der Waals surface area contributed by atoms with E-state index in [1.165, 1.54) is 18.5 Å². The second-order valence-electron chi connectivity index (χ2n) is 7.11. The smallest absolute Gasteiger partial charge is 0.228 e. The van der Waals surface area contributed by atoms with Gasteiger partial charge in [-0.25, -0.2) is 14.4 Å². The summed E-state index contributed by atoms with van der Waals surface area (Å²) in [6, 6.07) is 11.6. The minimum atomic E-state index is -0.303. The van der Waals surface area contributed by atoms with Crippen molar-refractivity contribution in [2.24, 2.45) is 17.8 Å². The van der Waals surface area contributed by atoms with E-state index >= 15 is 0 Å². The number of anilines is 2. The molecule has 0 unspecified atom stereocenters. The Bertz CT molecular complexity index is 1030. The molecule has 0 bridgehead atoms. The summed E-state index contributed by atoms with van der Waals surface area (Å²) in [5, 5.41) is 4.31. The van der Waals surface area contributed by atoms with Crippen molar-refractivity contribution in [2.45, 2.75) is 0 Å². The molecule has 2 aliphatic rings. The summed E-state index contributed by atoms with van der Waals surface area (Å²) < 4.78 is 13.7. The number of fused-ring (bicyclic) bond motifs is 2. The average molecular weight is 383 g/mol. The van der Waals surface area contributed by atoms with Gasteiger partial charge in [0.05, 0.1) is 5.52 Å². The van der Waals surface area contributed by atoms with E-state index in [2.05, 4.69) is 20.2 Å². The molecule has 1 aliphatic carbocycles. The zero-order valence-electron chi connectivity index (χ0n) is 14.3. The first kappa shape index (κ1) is 16.4. The third kappa shape index (κ3) is 2.90. The molecule has 1 amide bonds. The SMILES string of the molecule is O=C(Nc1ccc(Cl)cc1)[C@H]1[C@@H]2CN(c3ncnc4ccc(F)cc34)C[C@@H]21. The fourth-order valence-corrected chi connectivity index (χ4v) is 4.24. The molecule has 3 atom stereocenters. The number of carbonyl (C=O) groups is 1. The first-order chi connectivity index (χ1) is 13.1. The van der Waals surface area contributed by atoms with Crippen molar-refractivity contribution in [2.75, 3.05) is 23.3 Å². The number of nitrogens with one attached hydrogen (secondary N) is 1. The number of halogens is 2. The Labute approximate surface area is 160 Å². The van der Waals surface area contributed by atoms with E-state index in [1.54, 1.807) is 30.3 Å². The average Bonchev–Trinajstić information content (AvgIpc) is 3.17. The third-order valence-corrected chi connectivity index (χ3v) is 5.74. The van der Waals surface area contributed by atoms with Crippen LogP contribution in [0, 0.1) is 23.6 Å². The molecule has 2 heterocycles. The first-order valence-corrected chi connectivity index (χ1v) is 9.19. The number of amides is 1. The second kappa shape index (κ2) is 6.16. The molecule has 1 aliphatic heterocycles. The molecule has 1 N–H and O–H groups in total. The monoisotopic (exact) mass is 382 g/mol. The van der Waals surface area contributed by atoms with Crippen LogP contribution in [0.15, 0.2) is 48.8 Å². The molecule has 2 aromatic carbocycles. The number of carbonyl (C=O) groups excluding carboxylic acids is 1. The van der Waals surface area contributed by atoms with Crippen molar-refractivity contribution in [1.29, 1.82) is 0 Å². The molecule has 136 valence electrons. The highest BCUT2D eigenvalue weighted by Gasteiger charge is 2.59. The molecule has 5 rings (SSSR count). The lowest BCUT2D eigenvalue weighted by Gasteiger charge is -2.22. The van der Waals surface area contributed by atoms with Crippen molar-refractivity contribution < 1.29 is 9.18 Å². The maximum atomic E-state index is 13.7. The van der Waals surface area contributed by atoms with Gasteiger partial charge < -0.3 is 10.2 Å². The second-order valence-corrected chi connectivity index (χ2v) is 7.55. The van der Waals surface area contributed by atoms with Crippen LogP contribution in [0.2, 0.25) is 5.02 Å². The fourth-order valence-electron chi connectivity index (χ4n) is 4.11. The predicted molar refractivity (Wildman–Crippen MR) is 102 cm³/mol. The summed E-state index contributed by atoms with van der Waals surface area (Å²) in [4.78, 5) is 23.2. The molecule has 0 radical (unpaired) electrons. The van der Waals surface area contributed by atoms with E-state index in [0.717, 1.165) is 30.1 Å². The minimum Gasteiger partial charge on any atom is -0.355 e. The van der Waals surface area contributed by atoms with Gasteiger partial charge in [-0.1, -0.05) is 11.6 Å². The summed E-state index contributed by atoms with van der Waals surface area (Å²) in [6.07, 6.45) is 1.50. The molecule has 1 aromatic heterocycles. The van der Waals surface area contributed by atoms with Gasteiger partial charge in [0.15, 0.2) is 0 Å². The first-order valence-electron chi connectivity index (χ1n) is 8.82. The lowest BCUT2D eigenvalue weighted by molar-refractivity contribution is -0.117. The van der Waals surface area contributed by atoms with E-state index in [-0.39, 0.29) is 17.6 Å². The molecule has 5 nitrogen and oxygen atoms in total. The van der Waals surface area contributed by atoms with Crippen molar-refractivity contribution in [3.63, 3.8) is 0 Å². The third-order valence-electron chi connectivity index (χ3n) is 5.48. The van der Waals surface area contributed by atoms with Gasteiger partial charge in [0.25, 0.3) is 0 Å². The van der Waals surface area contributed by atoms with Crippen LogP contribution in [-0.2, 0) is 4.79 Å². The van der Waals surface area contributed by atoms with E-state index < -0.39 is 0 Å². The highest BCUT2D eigenvalue weighted by Crippen LogP contribution is 2.53. The van der Waals surface area contributed by atoms with Crippen LogP contribution in [-0.4, -0.2) is 29.0 Å². The number of hydrogen-bond donors (Lipinski definition) is 1. The quantitative estimate of drug-likeness (QED) is 0.749. The van der Waals surface area contributed by atoms with Gasteiger partial charge in [-0.3, -0.25) is 4.79 Å². The number of aromatic nitrogens is 2. The molecule has 1 saturated heterocycles. The van der Waals surface area contributed by atoms with Crippen LogP contribution >= 0.6 is 11.6 Å². The van der Waals surface area contributed by atoms with Gasteiger partial charge in [0, 0.05) is 35.1 Å². The van der Waals surface area contributed by atoms with Gasteiger partial charge in [-0.05, 0) is 54.3 Å². The molecular formula is C20H16ClFN4O. The van der Waals surface area contributed by atoms with Crippen molar-refractivity contribution in [1.82, 2.24) is 9.97 Å². The highest BCUT2D eigenvalue weighted by molar-refractivity contribution is 6.30. The molecule has 1 saturated carbocycles. The Morgan fingerprint density at radius 2 is 1.85 bits per heavy atom. The normalized spacial score (nSPS) is 23.3. The summed E-state index contributed by atoms with van der Waals surface area (Å²) in [6.45, 7) is 1.48. The van der Waals surface area contributed by atoms with Crippen LogP contribution < -0.4 is 10.2 Å². The van der Waals surface area contributed by atoms with E-state index in [0.29, 0.717) is 22.2 Å². The molecule has 2 fully saturated rings. The predicted octanol–water partition coefficient (Wildman–Crippen LogP) is 3.74. The zero-order valence-corrected chi connectivity index (χ0v) is 15.0.